The molecule has 7 nitrogen and oxygen atoms in total. The highest BCUT2D eigenvalue weighted by Gasteiger charge is 2.36. The Balaban J connectivity index is 1.24. The van der Waals surface area contributed by atoms with E-state index in [-0.39, 0.29) is 29.1 Å². The van der Waals surface area contributed by atoms with Gasteiger partial charge in [0.25, 0.3) is 0 Å². The first-order valence-corrected chi connectivity index (χ1v) is 13.7. The summed E-state index contributed by atoms with van der Waals surface area (Å²) in [7, 11) is -3.68. The van der Waals surface area contributed by atoms with E-state index in [1.54, 1.807) is 24.3 Å². The van der Waals surface area contributed by atoms with Crippen LogP contribution in [0.3, 0.4) is 0 Å². The van der Waals surface area contributed by atoms with Crippen LogP contribution in [0, 0.1) is 11.7 Å². The summed E-state index contributed by atoms with van der Waals surface area (Å²) in [5.74, 6) is -0.571. The molecule has 1 aromatic heterocycles. The number of aryl methyl sites for hydroxylation is 1. The topological polar surface area (TPSA) is 65.9 Å². The van der Waals surface area contributed by atoms with Crippen molar-refractivity contribution < 1.29 is 17.6 Å². The molecule has 0 bridgehead atoms. The summed E-state index contributed by atoms with van der Waals surface area (Å²) in [5, 5.41) is 0.900. The summed E-state index contributed by atoms with van der Waals surface area (Å²) >= 11 is 0. The molecule has 3 aromatic rings. The van der Waals surface area contributed by atoms with Gasteiger partial charge in [0.15, 0.2) is 0 Å². The Morgan fingerprint density at radius 3 is 2.46 bits per heavy atom. The number of hydrogen-bond acceptors (Lipinski definition) is 4. The maximum atomic E-state index is 13.4. The minimum Gasteiger partial charge on any atom is -0.368 e. The molecule has 5 rings (SSSR count). The summed E-state index contributed by atoms with van der Waals surface area (Å²) in [6, 6.07) is 13.6. The van der Waals surface area contributed by atoms with E-state index in [0.29, 0.717) is 45.6 Å². The van der Waals surface area contributed by atoms with Gasteiger partial charge in [-0.15, -0.1) is 0 Å². The van der Waals surface area contributed by atoms with E-state index in [4.69, 9.17) is 0 Å². The van der Waals surface area contributed by atoms with Crippen molar-refractivity contribution in [3.8, 4) is 0 Å². The number of rotatable bonds is 5. The van der Waals surface area contributed by atoms with Crippen molar-refractivity contribution in [3.63, 3.8) is 0 Å². The second-order valence-corrected chi connectivity index (χ2v) is 11.3. The molecule has 186 valence electrons. The van der Waals surface area contributed by atoms with Crippen molar-refractivity contribution >= 4 is 32.5 Å². The number of sulfonamides is 1. The highest BCUT2D eigenvalue weighted by Crippen LogP contribution is 2.28. The molecule has 0 spiro atoms. The first-order valence-electron chi connectivity index (χ1n) is 12.2. The number of aromatic nitrogens is 1. The van der Waals surface area contributed by atoms with Gasteiger partial charge >= 0.3 is 0 Å². The number of fused-ring (bicyclic) bond motifs is 1. The molecular formula is C26H31FN4O3S. The van der Waals surface area contributed by atoms with E-state index in [0.717, 1.165) is 23.1 Å². The number of anilines is 1. The van der Waals surface area contributed by atoms with Crippen LogP contribution < -0.4 is 4.90 Å². The number of hydrogen-bond donors (Lipinski definition) is 0. The molecule has 2 saturated heterocycles. The number of carbonyl (C=O) groups excluding carboxylic acids is 1. The largest absolute Gasteiger partial charge is 0.368 e. The van der Waals surface area contributed by atoms with Crippen molar-refractivity contribution in [2.24, 2.45) is 5.92 Å². The standard InChI is InChI=1S/C26H31FN4O3S/c1-2-28-13-11-20-18-24(9-10-25(20)28)35(33,34)31-12-3-4-21(19-31)26(32)30-16-14-29(15-17-30)23-7-5-22(27)6-8-23/h5-11,13,18,21H,2-4,12,14-17,19H2,1H3. The summed E-state index contributed by atoms with van der Waals surface area (Å²) < 4.78 is 43.6. The molecule has 0 saturated carbocycles. The first kappa shape index (κ1) is 23.8. The van der Waals surface area contributed by atoms with E-state index < -0.39 is 10.0 Å². The van der Waals surface area contributed by atoms with E-state index in [2.05, 4.69) is 16.4 Å². The fourth-order valence-electron chi connectivity index (χ4n) is 5.22. The van der Waals surface area contributed by atoms with Crippen LogP contribution in [-0.4, -0.2) is 67.4 Å². The molecule has 0 radical (unpaired) electrons. The van der Waals surface area contributed by atoms with Crippen molar-refractivity contribution in [2.45, 2.75) is 31.2 Å². The smallest absolute Gasteiger partial charge is 0.243 e. The SMILES string of the molecule is CCn1ccc2cc(S(=O)(=O)N3CCCC(C(=O)N4CCN(c5ccc(F)cc5)CC4)C3)ccc21. The zero-order valence-electron chi connectivity index (χ0n) is 19.9. The third-order valence-electron chi connectivity index (χ3n) is 7.24. The normalized spacial score (nSPS) is 19.9. The Bertz CT molecular complexity index is 1310. The number of benzene rings is 2. The lowest BCUT2D eigenvalue weighted by molar-refractivity contribution is -0.137. The lowest BCUT2D eigenvalue weighted by atomic mass is 9.97. The number of amides is 1. The van der Waals surface area contributed by atoms with Crippen molar-refractivity contribution in [1.29, 1.82) is 0 Å². The maximum Gasteiger partial charge on any atom is 0.243 e. The maximum absolute atomic E-state index is 13.4. The molecule has 1 atom stereocenters. The van der Waals surface area contributed by atoms with Crippen LogP contribution in [0.4, 0.5) is 10.1 Å². The van der Waals surface area contributed by atoms with Crippen molar-refractivity contribution in [3.05, 3.63) is 60.5 Å². The van der Waals surface area contributed by atoms with Gasteiger partial charge in [-0.05, 0) is 68.3 Å². The molecule has 0 aliphatic carbocycles. The van der Waals surface area contributed by atoms with Crippen molar-refractivity contribution in [1.82, 2.24) is 13.8 Å². The summed E-state index contributed by atoms with van der Waals surface area (Å²) in [5.41, 5.74) is 1.96. The van der Waals surface area contributed by atoms with Gasteiger partial charge in [-0.2, -0.15) is 4.31 Å². The molecule has 9 heteroatoms. The Morgan fingerprint density at radius 2 is 1.74 bits per heavy atom. The number of piperidine rings is 1. The monoisotopic (exact) mass is 498 g/mol. The molecule has 35 heavy (non-hydrogen) atoms. The lowest BCUT2D eigenvalue weighted by Gasteiger charge is -2.39. The average Bonchev–Trinajstić information content (AvgIpc) is 3.31. The number of nitrogens with zero attached hydrogens (tertiary/aromatic N) is 4. The van der Waals surface area contributed by atoms with Crippen LogP contribution in [0.15, 0.2) is 59.6 Å². The third-order valence-corrected chi connectivity index (χ3v) is 9.10. The van der Waals surface area contributed by atoms with Crippen LogP contribution in [0.2, 0.25) is 0 Å². The quantitative estimate of drug-likeness (QED) is 0.540. The van der Waals surface area contributed by atoms with E-state index in [1.165, 1.54) is 16.4 Å². The summed E-state index contributed by atoms with van der Waals surface area (Å²) in [6.45, 7) is 6.01. The van der Waals surface area contributed by atoms with Gasteiger partial charge in [-0.3, -0.25) is 4.79 Å². The third kappa shape index (κ3) is 4.67. The van der Waals surface area contributed by atoms with Gasteiger partial charge in [-0.1, -0.05) is 0 Å². The van der Waals surface area contributed by atoms with E-state index in [1.807, 2.05) is 23.2 Å². The predicted octanol–water partition coefficient (Wildman–Crippen LogP) is 3.55. The van der Waals surface area contributed by atoms with Crippen molar-refractivity contribution in [2.75, 3.05) is 44.2 Å². The summed E-state index contributed by atoms with van der Waals surface area (Å²) in [4.78, 5) is 17.6. The van der Waals surface area contributed by atoms with Crippen LogP contribution in [0.25, 0.3) is 10.9 Å². The molecule has 3 heterocycles. The van der Waals surface area contributed by atoms with Gasteiger partial charge in [0, 0.05) is 68.6 Å². The second-order valence-electron chi connectivity index (χ2n) is 9.31. The highest BCUT2D eigenvalue weighted by molar-refractivity contribution is 7.89. The number of piperazine rings is 1. The molecular weight excluding hydrogens is 467 g/mol. The molecule has 2 aliphatic rings. The number of carbonyl (C=O) groups is 1. The van der Waals surface area contributed by atoms with E-state index in [9.17, 15) is 17.6 Å². The second kappa shape index (κ2) is 9.62. The Kier molecular flexibility index (Phi) is 6.55. The first-order chi connectivity index (χ1) is 16.9. The fraction of sp³-hybridized carbons (Fsp3) is 0.423. The molecule has 0 N–H and O–H groups in total. The predicted molar refractivity (Wildman–Crippen MR) is 134 cm³/mol. The zero-order valence-corrected chi connectivity index (χ0v) is 20.8. The molecule has 1 amide bonds. The molecule has 2 aliphatic heterocycles. The van der Waals surface area contributed by atoms with Gasteiger partial charge in [0.05, 0.1) is 10.8 Å². The highest BCUT2D eigenvalue weighted by atomic mass is 32.2. The molecule has 2 aromatic carbocycles. The Labute approximate surface area is 205 Å². The fourth-order valence-corrected chi connectivity index (χ4v) is 6.78. The van der Waals surface area contributed by atoms with Crippen LogP contribution in [-0.2, 0) is 21.4 Å². The van der Waals surface area contributed by atoms with Gasteiger partial charge < -0.3 is 14.4 Å². The Hall–Kier alpha value is -2.91. The van der Waals surface area contributed by atoms with Gasteiger partial charge in [0.1, 0.15) is 5.82 Å². The van der Waals surface area contributed by atoms with Crippen LogP contribution in [0.5, 0.6) is 0 Å². The number of halogens is 1. The van der Waals surface area contributed by atoms with Crippen LogP contribution in [0.1, 0.15) is 19.8 Å². The van der Waals surface area contributed by atoms with E-state index >= 15 is 0 Å². The van der Waals surface area contributed by atoms with Gasteiger partial charge in [0.2, 0.25) is 15.9 Å². The average molecular weight is 499 g/mol. The zero-order chi connectivity index (χ0) is 24.6. The van der Waals surface area contributed by atoms with Crippen LogP contribution >= 0.6 is 0 Å². The molecule has 2 fully saturated rings. The lowest BCUT2D eigenvalue weighted by Crippen LogP contribution is -2.53. The Morgan fingerprint density at radius 1 is 1.00 bits per heavy atom. The summed E-state index contributed by atoms with van der Waals surface area (Å²) in [6.07, 6.45) is 3.33. The van der Waals surface area contributed by atoms with Gasteiger partial charge in [-0.25, -0.2) is 12.8 Å². The molecule has 1 unspecified atom stereocenters. The minimum absolute atomic E-state index is 0.0270. The minimum atomic E-state index is -3.68.